The minimum Gasteiger partial charge on any atom is -0.444 e. The van der Waals surface area contributed by atoms with Crippen molar-refractivity contribution in [1.82, 2.24) is 0 Å². The van der Waals surface area contributed by atoms with Gasteiger partial charge in [-0.2, -0.15) is 0 Å². The van der Waals surface area contributed by atoms with E-state index in [0.717, 1.165) is 15.6 Å². The Balaban J connectivity index is 2.87. The van der Waals surface area contributed by atoms with E-state index < -0.39 is 11.7 Å². The zero-order valence-electron chi connectivity index (χ0n) is 12.1. The second kappa shape index (κ2) is 6.90. The van der Waals surface area contributed by atoms with E-state index in [2.05, 4.69) is 27.8 Å². The molecule has 0 bridgehead atoms. The van der Waals surface area contributed by atoms with Gasteiger partial charge in [0.2, 0.25) is 0 Å². The molecule has 4 nitrogen and oxygen atoms in total. The molecule has 0 saturated heterocycles. The molecule has 0 aliphatic carbocycles. The Morgan fingerprint density at radius 2 is 2.10 bits per heavy atom. The lowest BCUT2D eigenvalue weighted by Gasteiger charge is -2.20. The summed E-state index contributed by atoms with van der Waals surface area (Å²) < 4.78 is 6.02. The average Bonchev–Trinajstić information content (AvgIpc) is 2.29. The highest BCUT2D eigenvalue weighted by molar-refractivity contribution is 9.10. The van der Waals surface area contributed by atoms with Gasteiger partial charge in [-0.15, -0.1) is 0 Å². The van der Waals surface area contributed by atoms with Crippen molar-refractivity contribution in [2.45, 2.75) is 32.8 Å². The van der Waals surface area contributed by atoms with Gasteiger partial charge in [-0.1, -0.05) is 12.6 Å². The first-order valence-corrected chi connectivity index (χ1v) is 7.20. The van der Waals surface area contributed by atoms with Crippen molar-refractivity contribution >= 4 is 33.3 Å². The third kappa shape index (κ3) is 5.35. The Morgan fingerprint density at radius 1 is 1.45 bits per heavy atom. The third-order valence-electron chi connectivity index (χ3n) is 2.46. The Kier molecular flexibility index (Phi) is 5.77. The summed E-state index contributed by atoms with van der Waals surface area (Å²) in [5.41, 5.74) is 7.53. The molecular weight excluding hydrogens is 320 g/mol. The maximum absolute atomic E-state index is 11.8. The molecule has 0 aliphatic heterocycles. The predicted molar refractivity (Wildman–Crippen MR) is 86.7 cm³/mol. The molecule has 1 rings (SSSR count). The number of anilines is 1. The second-order valence-corrected chi connectivity index (χ2v) is 6.32. The molecule has 0 heterocycles. The van der Waals surface area contributed by atoms with Gasteiger partial charge in [0.15, 0.2) is 0 Å². The van der Waals surface area contributed by atoms with E-state index in [1.54, 1.807) is 0 Å². The average molecular weight is 341 g/mol. The first-order valence-electron chi connectivity index (χ1n) is 6.40. The molecule has 0 fully saturated rings. The van der Waals surface area contributed by atoms with Crippen LogP contribution in [0.15, 0.2) is 29.3 Å². The molecule has 20 heavy (non-hydrogen) atoms. The van der Waals surface area contributed by atoms with Crippen molar-refractivity contribution in [1.29, 1.82) is 0 Å². The molecule has 1 amide bonds. The maximum atomic E-state index is 11.8. The number of carbonyl (C=O) groups excluding carboxylic acids is 1. The number of hydrogen-bond acceptors (Lipinski definition) is 3. The summed E-state index contributed by atoms with van der Waals surface area (Å²) in [5, 5.41) is 2.72. The van der Waals surface area contributed by atoms with Crippen LogP contribution in [-0.4, -0.2) is 18.2 Å². The van der Waals surface area contributed by atoms with E-state index in [0.29, 0.717) is 18.7 Å². The van der Waals surface area contributed by atoms with Crippen LogP contribution in [0.5, 0.6) is 0 Å². The van der Waals surface area contributed by atoms with Crippen molar-refractivity contribution in [3.05, 3.63) is 34.8 Å². The first kappa shape index (κ1) is 16.7. The second-order valence-electron chi connectivity index (χ2n) is 5.46. The lowest BCUT2D eigenvalue weighted by Crippen LogP contribution is -2.27. The van der Waals surface area contributed by atoms with Gasteiger partial charge in [0.05, 0.1) is 5.69 Å². The third-order valence-corrected chi connectivity index (χ3v) is 3.15. The number of amides is 1. The van der Waals surface area contributed by atoms with Crippen molar-refractivity contribution in [3.8, 4) is 0 Å². The minimum absolute atomic E-state index is 0.486. The van der Waals surface area contributed by atoms with Crippen LogP contribution in [0.2, 0.25) is 0 Å². The molecule has 0 radical (unpaired) electrons. The maximum Gasteiger partial charge on any atom is 0.412 e. The van der Waals surface area contributed by atoms with Crippen molar-refractivity contribution in [3.63, 3.8) is 0 Å². The van der Waals surface area contributed by atoms with Gasteiger partial charge in [0.25, 0.3) is 0 Å². The molecule has 0 atom stereocenters. The van der Waals surface area contributed by atoms with Crippen molar-refractivity contribution in [2.75, 3.05) is 11.9 Å². The number of ether oxygens (including phenoxy) is 1. The van der Waals surface area contributed by atoms with Crippen LogP contribution in [0, 0.1) is 0 Å². The Hall–Kier alpha value is -1.33. The summed E-state index contributed by atoms with van der Waals surface area (Å²) in [5.74, 6) is 0. The molecule has 0 spiro atoms. The molecule has 0 unspecified atom stereocenters. The van der Waals surface area contributed by atoms with Crippen LogP contribution < -0.4 is 11.1 Å². The van der Waals surface area contributed by atoms with Crippen molar-refractivity contribution < 1.29 is 9.53 Å². The van der Waals surface area contributed by atoms with Gasteiger partial charge in [0, 0.05) is 4.47 Å². The molecule has 110 valence electrons. The monoisotopic (exact) mass is 340 g/mol. The molecular formula is C15H21BrN2O2. The number of benzene rings is 1. The van der Waals surface area contributed by atoms with Crippen LogP contribution in [0.3, 0.4) is 0 Å². The number of hydrogen-bond donors (Lipinski definition) is 2. The summed E-state index contributed by atoms with van der Waals surface area (Å²) >= 11 is 3.40. The lowest BCUT2D eigenvalue weighted by atomic mass is 10.0. The van der Waals surface area contributed by atoms with Gasteiger partial charge in [-0.25, -0.2) is 4.79 Å². The molecule has 1 aromatic carbocycles. The zero-order valence-corrected chi connectivity index (χ0v) is 13.7. The SMILES string of the molecule is C=C(CCN)c1ccc(Br)c(NC(=O)OC(C)(C)C)c1. The Bertz CT molecular complexity index is 507. The van der Waals surface area contributed by atoms with Crippen LogP contribution in [-0.2, 0) is 4.74 Å². The van der Waals surface area contributed by atoms with Gasteiger partial charge in [0.1, 0.15) is 5.60 Å². The summed E-state index contributed by atoms with van der Waals surface area (Å²) in [4.78, 5) is 11.8. The smallest absolute Gasteiger partial charge is 0.412 e. The number of halogens is 1. The van der Waals surface area contributed by atoms with E-state index in [9.17, 15) is 4.79 Å². The Morgan fingerprint density at radius 3 is 2.65 bits per heavy atom. The van der Waals surface area contributed by atoms with Gasteiger partial charge in [-0.05, 0) is 72.9 Å². The number of carbonyl (C=O) groups is 1. The quantitative estimate of drug-likeness (QED) is 0.864. The Labute approximate surface area is 128 Å². The fraction of sp³-hybridized carbons (Fsp3) is 0.400. The fourth-order valence-electron chi connectivity index (χ4n) is 1.57. The molecule has 0 saturated carbocycles. The highest BCUT2D eigenvalue weighted by atomic mass is 79.9. The predicted octanol–water partition coefficient (Wildman–Crippen LogP) is 4.16. The fourth-order valence-corrected chi connectivity index (χ4v) is 1.92. The zero-order chi connectivity index (χ0) is 15.3. The van der Waals surface area contributed by atoms with Crippen LogP contribution >= 0.6 is 15.9 Å². The molecule has 5 heteroatoms. The van der Waals surface area contributed by atoms with Gasteiger partial charge in [-0.3, -0.25) is 5.32 Å². The number of nitrogens with one attached hydrogen (secondary N) is 1. The highest BCUT2D eigenvalue weighted by Crippen LogP contribution is 2.27. The normalized spacial score (nSPS) is 11.1. The minimum atomic E-state index is -0.530. The van der Waals surface area contributed by atoms with Crippen LogP contribution in [0.4, 0.5) is 10.5 Å². The topological polar surface area (TPSA) is 64.3 Å². The molecule has 0 aromatic heterocycles. The van der Waals surface area contributed by atoms with E-state index in [1.807, 2.05) is 39.0 Å². The van der Waals surface area contributed by atoms with Gasteiger partial charge >= 0.3 is 6.09 Å². The molecule has 0 aliphatic rings. The summed E-state index contributed by atoms with van der Waals surface area (Å²) in [6.45, 7) is 9.99. The summed E-state index contributed by atoms with van der Waals surface area (Å²) in [6, 6.07) is 5.65. The first-order chi connectivity index (χ1) is 9.23. The standard InChI is InChI=1S/C15H21BrN2O2/c1-10(7-8-17)11-5-6-12(16)13(9-11)18-14(19)20-15(2,3)4/h5-6,9H,1,7-8,17H2,2-4H3,(H,18,19). The molecule has 1 aromatic rings. The van der Waals surface area contributed by atoms with Crippen molar-refractivity contribution in [2.24, 2.45) is 5.73 Å². The number of rotatable bonds is 4. The van der Waals surface area contributed by atoms with E-state index in [4.69, 9.17) is 10.5 Å². The van der Waals surface area contributed by atoms with E-state index in [-0.39, 0.29) is 0 Å². The van der Waals surface area contributed by atoms with E-state index >= 15 is 0 Å². The van der Waals surface area contributed by atoms with Gasteiger partial charge < -0.3 is 10.5 Å². The lowest BCUT2D eigenvalue weighted by molar-refractivity contribution is 0.0636. The molecule has 3 N–H and O–H groups in total. The van der Waals surface area contributed by atoms with Crippen LogP contribution in [0.25, 0.3) is 5.57 Å². The number of nitrogens with two attached hydrogens (primary N) is 1. The summed E-state index contributed by atoms with van der Waals surface area (Å²) in [6.07, 6.45) is 0.229. The van der Waals surface area contributed by atoms with E-state index in [1.165, 1.54) is 0 Å². The van der Waals surface area contributed by atoms with Crippen LogP contribution in [0.1, 0.15) is 32.8 Å². The largest absolute Gasteiger partial charge is 0.444 e. The highest BCUT2D eigenvalue weighted by Gasteiger charge is 2.17. The summed E-state index contributed by atoms with van der Waals surface area (Å²) in [7, 11) is 0.